The number of ether oxygens (including phenoxy) is 1. The van der Waals surface area contributed by atoms with Crippen LogP contribution < -0.4 is 4.74 Å². The number of benzene rings is 4. The predicted molar refractivity (Wildman–Crippen MR) is 118 cm³/mol. The number of aromatic nitrogens is 2. The van der Waals surface area contributed by atoms with Gasteiger partial charge in [0.1, 0.15) is 17.8 Å². The van der Waals surface area contributed by atoms with Crippen molar-refractivity contribution in [2.75, 3.05) is 0 Å². The van der Waals surface area contributed by atoms with Crippen LogP contribution >= 0.6 is 0 Å². The maximum Gasteiger partial charge on any atom is 0.302 e. The highest BCUT2D eigenvalue weighted by Gasteiger charge is 2.21. The summed E-state index contributed by atoms with van der Waals surface area (Å²) in [6.07, 6.45) is 0. The zero-order chi connectivity index (χ0) is 19.7. The minimum atomic E-state index is 0.548. The Bertz CT molecular complexity index is 1610. The highest BCUT2D eigenvalue weighted by Crippen LogP contribution is 2.39. The molecule has 0 N–H and O–H groups in total. The van der Waals surface area contributed by atoms with E-state index in [-0.39, 0.29) is 0 Å². The van der Waals surface area contributed by atoms with Crippen molar-refractivity contribution in [3.05, 3.63) is 90.5 Å². The summed E-state index contributed by atoms with van der Waals surface area (Å²) in [5.41, 5.74) is 8.34. The molecule has 1 aliphatic heterocycles. The highest BCUT2D eigenvalue weighted by molar-refractivity contribution is 6.12. The highest BCUT2D eigenvalue weighted by atomic mass is 16.5. The molecule has 4 aromatic carbocycles. The Kier molecular flexibility index (Phi) is 3.03. The van der Waals surface area contributed by atoms with Crippen LogP contribution in [0.3, 0.4) is 0 Å². The van der Waals surface area contributed by atoms with Gasteiger partial charge in [-0.15, -0.1) is 0 Å². The molecule has 2 aromatic heterocycles. The maximum absolute atomic E-state index is 6.07. The quantitative estimate of drug-likeness (QED) is 0.323. The summed E-state index contributed by atoms with van der Waals surface area (Å²) in [4.78, 5) is 4.79. The Morgan fingerprint density at radius 1 is 0.800 bits per heavy atom. The molecule has 3 heterocycles. The van der Waals surface area contributed by atoms with E-state index in [0.717, 1.165) is 49.8 Å². The minimum absolute atomic E-state index is 0.548. The van der Waals surface area contributed by atoms with E-state index < -0.39 is 0 Å². The van der Waals surface area contributed by atoms with Gasteiger partial charge in [0.2, 0.25) is 0 Å². The van der Waals surface area contributed by atoms with Gasteiger partial charge in [-0.05, 0) is 41.5 Å². The molecule has 0 aliphatic carbocycles. The van der Waals surface area contributed by atoms with Crippen molar-refractivity contribution in [2.45, 2.75) is 6.61 Å². The summed E-state index contributed by atoms with van der Waals surface area (Å²) in [7, 11) is 0. The van der Waals surface area contributed by atoms with Crippen molar-refractivity contribution in [3.8, 4) is 22.8 Å². The van der Waals surface area contributed by atoms with Crippen molar-refractivity contribution in [1.29, 1.82) is 0 Å². The first-order chi connectivity index (χ1) is 14.9. The first-order valence-electron chi connectivity index (χ1n) is 10.0. The summed E-state index contributed by atoms with van der Waals surface area (Å²) >= 11 is 0. The Hall–Kier alpha value is -4.05. The topological polar surface area (TPSA) is 40.2 Å². The number of hydrogen-bond acceptors (Lipinski definition) is 3. The number of nitrogens with zero attached hydrogens (tertiary/aromatic N) is 2. The molecule has 0 amide bonds. The van der Waals surface area contributed by atoms with Crippen LogP contribution in [0.2, 0.25) is 0 Å². The number of hydrogen-bond donors (Lipinski definition) is 0. The van der Waals surface area contributed by atoms with E-state index in [2.05, 4.69) is 59.2 Å². The van der Waals surface area contributed by atoms with Gasteiger partial charge < -0.3 is 9.15 Å². The first kappa shape index (κ1) is 15.8. The molecule has 0 atom stereocenters. The number of rotatable bonds is 1. The largest absolute Gasteiger partial charge is 0.459 e. The Labute approximate surface area is 171 Å². The SMILES string of the molecule is c1ccc2c(c1)COc1nc3cc(-c4cccc5oc6ccccc6c45)ccc3n1-2. The van der Waals surface area contributed by atoms with Crippen LogP contribution in [0.4, 0.5) is 0 Å². The van der Waals surface area contributed by atoms with Crippen molar-refractivity contribution in [3.63, 3.8) is 0 Å². The molecule has 0 bridgehead atoms. The Balaban J connectivity index is 1.48. The third-order valence-electron chi connectivity index (χ3n) is 5.93. The van der Waals surface area contributed by atoms with E-state index in [1.807, 2.05) is 30.3 Å². The Morgan fingerprint density at radius 3 is 2.67 bits per heavy atom. The molecular formula is C26H16N2O2. The lowest BCUT2D eigenvalue weighted by Gasteiger charge is -2.19. The molecule has 6 aromatic rings. The minimum Gasteiger partial charge on any atom is -0.459 e. The van der Waals surface area contributed by atoms with Crippen LogP contribution in [-0.4, -0.2) is 9.55 Å². The molecule has 4 nitrogen and oxygen atoms in total. The number of imidazole rings is 1. The zero-order valence-electron chi connectivity index (χ0n) is 16.0. The van der Waals surface area contributed by atoms with Crippen LogP contribution in [0.5, 0.6) is 6.01 Å². The average molecular weight is 388 g/mol. The Morgan fingerprint density at radius 2 is 1.67 bits per heavy atom. The second kappa shape index (κ2) is 5.74. The molecule has 0 saturated carbocycles. The molecule has 1 aliphatic rings. The maximum atomic E-state index is 6.07. The third kappa shape index (κ3) is 2.08. The van der Waals surface area contributed by atoms with Gasteiger partial charge in [-0.3, -0.25) is 4.57 Å². The second-order valence-corrected chi connectivity index (χ2v) is 7.63. The van der Waals surface area contributed by atoms with Gasteiger partial charge in [-0.25, -0.2) is 0 Å². The average Bonchev–Trinajstić information content (AvgIpc) is 3.36. The number of fused-ring (bicyclic) bond motifs is 8. The van der Waals surface area contributed by atoms with E-state index in [1.165, 1.54) is 5.56 Å². The predicted octanol–water partition coefficient (Wildman–Crippen LogP) is 6.48. The number of furan rings is 1. The van der Waals surface area contributed by atoms with E-state index in [4.69, 9.17) is 14.1 Å². The lowest BCUT2D eigenvalue weighted by Crippen LogP contribution is -2.11. The van der Waals surface area contributed by atoms with Crippen LogP contribution in [0.1, 0.15) is 5.56 Å². The second-order valence-electron chi connectivity index (χ2n) is 7.63. The monoisotopic (exact) mass is 388 g/mol. The van der Waals surface area contributed by atoms with Crippen LogP contribution in [0, 0.1) is 0 Å². The summed E-state index contributed by atoms with van der Waals surface area (Å²) in [6.45, 7) is 0.548. The molecule has 4 heteroatoms. The van der Waals surface area contributed by atoms with E-state index in [1.54, 1.807) is 0 Å². The summed E-state index contributed by atoms with van der Waals surface area (Å²) < 4.78 is 14.1. The van der Waals surface area contributed by atoms with Gasteiger partial charge in [0.05, 0.1) is 16.7 Å². The van der Waals surface area contributed by atoms with Gasteiger partial charge in [-0.1, -0.05) is 54.6 Å². The molecular weight excluding hydrogens is 372 g/mol. The van der Waals surface area contributed by atoms with Crippen molar-refractivity contribution < 1.29 is 9.15 Å². The molecule has 142 valence electrons. The van der Waals surface area contributed by atoms with E-state index in [0.29, 0.717) is 12.6 Å². The molecule has 7 rings (SSSR count). The van der Waals surface area contributed by atoms with Crippen molar-refractivity contribution in [1.82, 2.24) is 9.55 Å². The molecule has 0 fully saturated rings. The smallest absolute Gasteiger partial charge is 0.302 e. The summed E-state index contributed by atoms with van der Waals surface area (Å²) in [6, 6.07) is 29.8. The molecule has 0 radical (unpaired) electrons. The van der Waals surface area contributed by atoms with Gasteiger partial charge in [0.15, 0.2) is 0 Å². The lowest BCUT2D eigenvalue weighted by molar-refractivity contribution is 0.265. The van der Waals surface area contributed by atoms with Gasteiger partial charge in [0, 0.05) is 16.3 Å². The zero-order valence-corrected chi connectivity index (χ0v) is 16.0. The third-order valence-corrected chi connectivity index (χ3v) is 5.93. The fraction of sp³-hybridized carbons (Fsp3) is 0.0385. The van der Waals surface area contributed by atoms with E-state index >= 15 is 0 Å². The molecule has 0 unspecified atom stereocenters. The van der Waals surface area contributed by atoms with Crippen molar-refractivity contribution >= 4 is 33.0 Å². The van der Waals surface area contributed by atoms with Crippen molar-refractivity contribution in [2.24, 2.45) is 0 Å². The standard InChI is InChI=1S/C26H16N2O2/c1-3-9-21-17(6-1)15-29-26-27-20-14-16(12-13-22(20)28(21)26)18-8-5-11-24-25(18)19-7-2-4-10-23(19)30-24/h1-14H,15H2. The fourth-order valence-corrected chi connectivity index (χ4v) is 4.56. The summed E-state index contributed by atoms with van der Waals surface area (Å²) in [5.74, 6) is 0. The van der Waals surface area contributed by atoms with Gasteiger partial charge in [-0.2, -0.15) is 4.98 Å². The summed E-state index contributed by atoms with van der Waals surface area (Å²) in [5, 5.41) is 2.27. The number of para-hydroxylation sites is 2. The lowest BCUT2D eigenvalue weighted by atomic mass is 9.99. The van der Waals surface area contributed by atoms with Crippen LogP contribution in [0.25, 0.3) is 49.8 Å². The normalized spacial score (nSPS) is 12.8. The van der Waals surface area contributed by atoms with E-state index in [9.17, 15) is 0 Å². The molecule has 0 saturated heterocycles. The molecule has 30 heavy (non-hydrogen) atoms. The molecule has 0 spiro atoms. The van der Waals surface area contributed by atoms with Crippen LogP contribution in [0.15, 0.2) is 89.3 Å². The fourth-order valence-electron chi connectivity index (χ4n) is 4.56. The van der Waals surface area contributed by atoms with Gasteiger partial charge >= 0.3 is 6.01 Å². The first-order valence-corrected chi connectivity index (χ1v) is 10.0. The van der Waals surface area contributed by atoms with Crippen LogP contribution in [-0.2, 0) is 6.61 Å². The van der Waals surface area contributed by atoms with Gasteiger partial charge in [0.25, 0.3) is 0 Å².